The van der Waals surface area contributed by atoms with Crippen molar-refractivity contribution in [3.63, 3.8) is 0 Å². The van der Waals surface area contributed by atoms with Gasteiger partial charge in [0, 0.05) is 36.1 Å². The van der Waals surface area contributed by atoms with Crippen molar-refractivity contribution >= 4 is 17.6 Å². The van der Waals surface area contributed by atoms with Crippen LogP contribution in [-0.2, 0) is 17.6 Å². The first-order valence-electron chi connectivity index (χ1n) is 18.7. The van der Waals surface area contributed by atoms with E-state index in [4.69, 9.17) is 5.73 Å². The Labute approximate surface area is 310 Å². The fourth-order valence-corrected chi connectivity index (χ4v) is 6.08. The number of likely N-dealkylation sites (tertiary alicyclic amines) is 1. The van der Waals surface area contributed by atoms with Crippen molar-refractivity contribution in [3.8, 4) is 0 Å². The van der Waals surface area contributed by atoms with Crippen LogP contribution in [-0.4, -0.2) is 36.4 Å². The molecule has 0 aromatic heterocycles. The number of hydrogen-bond donors (Lipinski definition) is 2. The maximum absolute atomic E-state index is 11.1. The monoisotopic (exact) mass is 685 g/mol. The molecular weight excluding hydrogens is 623 g/mol. The molecule has 1 fully saturated rings. The van der Waals surface area contributed by atoms with Gasteiger partial charge >= 0.3 is 0 Å². The number of carbonyl (C=O) groups excluding carboxylic acids is 1. The van der Waals surface area contributed by atoms with E-state index in [1.165, 1.54) is 41.5 Å². The first-order chi connectivity index (χ1) is 24.8. The van der Waals surface area contributed by atoms with Gasteiger partial charge in [-0.05, 0) is 88.0 Å². The van der Waals surface area contributed by atoms with Crippen molar-refractivity contribution in [2.45, 2.75) is 85.6 Å². The summed E-state index contributed by atoms with van der Waals surface area (Å²) in [4.78, 5) is 13.6. The summed E-state index contributed by atoms with van der Waals surface area (Å²) in [6, 6.07) is 38.4. The van der Waals surface area contributed by atoms with E-state index in [0.717, 1.165) is 49.1 Å². The minimum Gasteiger partial charge on any atom is -0.399 e. The van der Waals surface area contributed by atoms with Gasteiger partial charge in [-0.2, -0.15) is 0 Å². The van der Waals surface area contributed by atoms with Gasteiger partial charge in [0.2, 0.25) is 0 Å². The van der Waals surface area contributed by atoms with Crippen molar-refractivity contribution in [3.05, 3.63) is 168 Å². The molecule has 0 bridgehead atoms. The lowest BCUT2D eigenvalue weighted by atomic mass is 9.94. The van der Waals surface area contributed by atoms with Crippen molar-refractivity contribution in [1.29, 1.82) is 0 Å². The summed E-state index contributed by atoms with van der Waals surface area (Å²) >= 11 is 0. The highest BCUT2D eigenvalue weighted by molar-refractivity contribution is 5.77. The maximum atomic E-state index is 11.1. The average molecular weight is 686 g/mol. The fourth-order valence-electron chi connectivity index (χ4n) is 6.08. The number of benzene rings is 4. The molecule has 0 saturated carbocycles. The van der Waals surface area contributed by atoms with Crippen molar-refractivity contribution in [1.82, 2.24) is 10.2 Å². The molecule has 1 saturated heterocycles. The second-order valence-electron chi connectivity index (χ2n) is 12.9. The first-order valence-corrected chi connectivity index (χ1v) is 18.7. The molecule has 272 valence electrons. The summed E-state index contributed by atoms with van der Waals surface area (Å²) in [5.74, 6) is 0.162. The Morgan fingerprint density at radius 1 is 0.843 bits per heavy atom. The van der Waals surface area contributed by atoms with E-state index in [1.807, 2.05) is 45.0 Å². The first kappa shape index (κ1) is 42.5. The molecule has 3 N–H and O–H groups in total. The molecule has 4 heteroatoms. The highest BCUT2D eigenvalue weighted by atomic mass is 16.1. The van der Waals surface area contributed by atoms with Gasteiger partial charge < -0.3 is 16.0 Å². The van der Waals surface area contributed by atoms with Crippen LogP contribution < -0.4 is 11.1 Å². The lowest BCUT2D eigenvalue weighted by Gasteiger charge is -2.39. The van der Waals surface area contributed by atoms with E-state index < -0.39 is 0 Å². The van der Waals surface area contributed by atoms with Gasteiger partial charge in [-0.1, -0.05) is 154 Å². The molecule has 51 heavy (non-hydrogen) atoms. The van der Waals surface area contributed by atoms with Crippen LogP contribution in [0, 0.1) is 6.92 Å². The van der Waals surface area contributed by atoms with Gasteiger partial charge in [-0.15, -0.1) is 0 Å². The predicted octanol–water partition coefficient (Wildman–Crippen LogP) is 10.8. The van der Waals surface area contributed by atoms with Crippen LogP contribution in [0.3, 0.4) is 0 Å². The molecule has 1 heterocycles. The van der Waals surface area contributed by atoms with Crippen molar-refractivity contribution in [2.24, 2.45) is 5.73 Å². The number of ketones is 1. The van der Waals surface area contributed by atoms with Gasteiger partial charge in [-0.3, -0.25) is 4.79 Å². The summed E-state index contributed by atoms with van der Waals surface area (Å²) in [7, 11) is 0. The summed E-state index contributed by atoms with van der Waals surface area (Å²) < 4.78 is 0. The Hall–Kier alpha value is -4.67. The highest BCUT2D eigenvalue weighted by Crippen LogP contribution is 2.25. The Kier molecular flexibility index (Phi) is 21.1. The number of rotatable bonds is 13. The second kappa shape index (κ2) is 25.3. The van der Waals surface area contributed by atoms with Gasteiger partial charge in [0.1, 0.15) is 5.78 Å². The standard InChI is InChI=1S/C25H37N3O.C13H12.C7H8.C2H6/c1-5-9-23-16-22(13-14-25(23)21(4)26)10-8-12-24-11-6-7-15-28(24)19(2)17-27-18-20(3)29;1-3-7-12(8-4-1)11-13-9-5-2-6-10-13;1-7-5-3-2-4-6-7;1-2/h5,9,13-14,16,24,27H,2,4,6-8,10-12,15,17-18,26H2,1,3H3;1-10H,11H2;2-6H,1H3;1-2H3/b9-5-;;;. The van der Waals surface area contributed by atoms with Crippen molar-refractivity contribution in [2.75, 3.05) is 19.6 Å². The molecule has 1 aliphatic heterocycles. The third kappa shape index (κ3) is 17.2. The zero-order chi connectivity index (χ0) is 37.3. The van der Waals surface area contributed by atoms with Crippen LogP contribution in [0.2, 0.25) is 0 Å². The molecule has 0 aliphatic carbocycles. The molecule has 0 amide bonds. The SMILES string of the molecule is C=C(N)c1ccc(CCCC2CCCCN2C(=C)CNCC(C)=O)cc1/C=C\C.CC.Cc1ccccc1.c1ccc(Cc2ccccc2)cc1. The molecule has 1 atom stereocenters. The van der Waals surface area contributed by atoms with Crippen LogP contribution in [0.25, 0.3) is 11.8 Å². The molecule has 1 unspecified atom stereocenters. The van der Waals surface area contributed by atoms with E-state index in [9.17, 15) is 4.79 Å². The number of carbonyl (C=O) groups is 1. The van der Waals surface area contributed by atoms with E-state index in [2.05, 4.69) is 127 Å². The number of allylic oxidation sites excluding steroid dienone is 1. The molecule has 4 nitrogen and oxygen atoms in total. The molecule has 1 aliphatic rings. The summed E-state index contributed by atoms with van der Waals surface area (Å²) in [5, 5.41) is 3.20. The summed E-state index contributed by atoms with van der Waals surface area (Å²) in [6.07, 6.45) is 12.3. The predicted molar refractivity (Wildman–Crippen MR) is 223 cm³/mol. The fraction of sp³-hybridized carbons (Fsp3) is 0.340. The lowest BCUT2D eigenvalue weighted by Crippen LogP contribution is -2.41. The van der Waals surface area contributed by atoms with Gasteiger partial charge in [-0.25, -0.2) is 0 Å². The van der Waals surface area contributed by atoms with Gasteiger partial charge in [0.05, 0.1) is 6.54 Å². The van der Waals surface area contributed by atoms with Crippen LogP contribution in [0.5, 0.6) is 0 Å². The van der Waals surface area contributed by atoms with E-state index in [0.29, 0.717) is 24.8 Å². The van der Waals surface area contributed by atoms with Crippen LogP contribution in [0.1, 0.15) is 93.2 Å². The Morgan fingerprint density at radius 2 is 1.43 bits per heavy atom. The lowest BCUT2D eigenvalue weighted by molar-refractivity contribution is -0.116. The van der Waals surface area contributed by atoms with Crippen LogP contribution in [0.15, 0.2) is 134 Å². The van der Waals surface area contributed by atoms with Crippen molar-refractivity contribution < 1.29 is 4.79 Å². The largest absolute Gasteiger partial charge is 0.399 e. The Morgan fingerprint density at radius 3 is 1.94 bits per heavy atom. The minimum atomic E-state index is 0.162. The number of nitrogens with zero attached hydrogens (tertiary/aromatic N) is 1. The Bertz CT molecular complexity index is 1540. The van der Waals surface area contributed by atoms with E-state index >= 15 is 0 Å². The highest BCUT2D eigenvalue weighted by Gasteiger charge is 2.23. The average Bonchev–Trinajstić information content (AvgIpc) is 3.14. The Balaban J connectivity index is 0.000000331. The van der Waals surface area contributed by atoms with E-state index in [1.54, 1.807) is 6.92 Å². The molecule has 4 aromatic carbocycles. The molecule has 0 spiro atoms. The molecular formula is C47H63N3O. The number of aryl methyl sites for hydroxylation is 2. The normalized spacial score (nSPS) is 13.4. The number of piperidine rings is 1. The number of nitrogens with one attached hydrogen (secondary N) is 1. The number of hydrogen-bond acceptors (Lipinski definition) is 4. The van der Waals surface area contributed by atoms with Gasteiger partial charge in [0.15, 0.2) is 0 Å². The quantitative estimate of drug-likeness (QED) is 0.147. The zero-order valence-electron chi connectivity index (χ0n) is 32.0. The zero-order valence-corrected chi connectivity index (χ0v) is 32.0. The van der Waals surface area contributed by atoms with E-state index in [-0.39, 0.29) is 5.78 Å². The van der Waals surface area contributed by atoms with Crippen LogP contribution in [0.4, 0.5) is 0 Å². The second-order valence-corrected chi connectivity index (χ2v) is 12.9. The minimum absolute atomic E-state index is 0.162. The topological polar surface area (TPSA) is 58.4 Å². The third-order valence-electron chi connectivity index (χ3n) is 8.58. The molecule has 4 aromatic rings. The van der Waals surface area contributed by atoms with Crippen LogP contribution >= 0.6 is 0 Å². The smallest absolute Gasteiger partial charge is 0.143 e. The third-order valence-corrected chi connectivity index (χ3v) is 8.58. The van der Waals surface area contributed by atoms with Gasteiger partial charge in [0.25, 0.3) is 0 Å². The molecule has 0 radical (unpaired) electrons. The number of nitrogens with two attached hydrogens (primary N) is 1. The molecule has 5 rings (SSSR count). The maximum Gasteiger partial charge on any atom is 0.143 e. The number of Topliss-reactive ketones (excluding diaryl/α,β-unsaturated/α-hetero) is 1. The summed E-state index contributed by atoms with van der Waals surface area (Å²) in [6.45, 7) is 20.0. The summed E-state index contributed by atoms with van der Waals surface area (Å²) in [5.41, 5.74) is 15.2.